The van der Waals surface area contributed by atoms with Crippen molar-refractivity contribution >= 4 is 10.8 Å². The zero-order chi connectivity index (χ0) is 15.1. The standard InChI is InChI=1S/C17H29NOS/c1-6-11-18-17(15(5)20(19)12-13(2)3)16-9-7-14(4)8-10-16/h7-10,13,15,17-18H,6,11-12H2,1-5H3. The van der Waals surface area contributed by atoms with Crippen LogP contribution in [0.15, 0.2) is 24.3 Å². The Kier molecular flexibility index (Phi) is 7.46. The fraction of sp³-hybridized carbons (Fsp3) is 0.647. The van der Waals surface area contributed by atoms with Crippen LogP contribution >= 0.6 is 0 Å². The van der Waals surface area contributed by atoms with Crippen molar-refractivity contribution in [1.29, 1.82) is 0 Å². The van der Waals surface area contributed by atoms with E-state index in [0.717, 1.165) is 18.7 Å². The van der Waals surface area contributed by atoms with E-state index >= 15 is 0 Å². The van der Waals surface area contributed by atoms with Crippen molar-refractivity contribution < 1.29 is 4.21 Å². The van der Waals surface area contributed by atoms with Crippen molar-refractivity contribution in [1.82, 2.24) is 5.32 Å². The Morgan fingerprint density at radius 1 is 1.15 bits per heavy atom. The van der Waals surface area contributed by atoms with E-state index in [2.05, 4.69) is 64.2 Å². The molecule has 0 aliphatic rings. The lowest BCUT2D eigenvalue weighted by molar-refractivity contribution is 0.516. The summed E-state index contributed by atoms with van der Waals surface area (Å²) in [7, 11) is -0.797. The molecule has 0 amide bonds. The highest BCUT2D eigenvalue weighted by Gasteiger charge is 2.24. The van der Waals surface area contributed by atoms with Gasteiger partial charge in [-0.3, -0.25) is 4.21 Å². The second-order valence-electron chi connectivity index (χ2n) is 5.99. The Bertz CT molecular complexity index is 414. The van der Waals surface area contributed by atoms with Crippen LogP contribution in [0, 0.1) is 12.8 Å². The zero-order valence-corrected chi connectivity index (χ0v) is 14.3. The van der Waals surface area contributed by atoms with Gasteiger partial charge in [0.25, 0.3) is 0 Å². The van der Waals surface area contributed by atoms with E-state index in [1.165, 1.54) is 11.1 Å². The Balaban J connectivity index is 2.87. The second-order valence-corrected chi connectivity index (χ2v) is 7.83. The van der Waals surface area contributed by atoms with Gasteiger partial charge in [0, 0.05) is 22.6 Å². The first-order valence-corrected chi connectivity index (χ1v) is 9.01. The summed E-state index contributed by atoms with van der Waals surface area (Å²) in [6, 6.07) is 8.76. The average molecular weight is 295 g/mol. The van der Waals surface area contributed by atoms with Crippen LogP contribution < -0.4 is 5.32 Å². The van der Waals surface area contributed by atoms with Crippen LogP contribution in [0.4, 0.5) is 0 Å². The Labute approximate surface area is 126 Å². The molecule has 0 bridgehead atoms. The second kappa shape index (κ2) is 8.58. The molecular formula is C17H29NOS. The number of nitrogens with one attached hydrogen (secondary N) is 1. The van der Waals surface area contributed by atoms with Gasteiger partial charge in [0.05, 0.1) is 5.25 Å². The number of hydrogen-bond donors (Lipinski definition) is 1. The van der Waals surface area contributed by atoms with E-state index in [1.807, 2.05) is 0 Å². The summed E-state index contributed by atoms with van der Waals surface area (Å²) in [6.45, 7) is 11.6. The molecule has 1 rings (SSSR count). The highest BCUT2D eigenvalue weighted by Crippen LogP contribution is 2.22. The van der Waals surface area contributed by atoms with Gasteiger partial charge in [-0.2, -0.15) is 0 Å². The topological polar surface area (TPSA) is 29.1 Å². The molecule has 3 unspecified atom stereocenters. The van der Waals surface area contributed by atoms with Gasteiger partial charge in [0.15, 0.2) is 0 Å². The smallest absolute Gasteiger partial charge is 0.0514 e. The van der Waals surface area contributed by atoms with Gasteiger partial charge in [0.2, 0.25) is 0 Å². The third-order valence-corrected chi connectivity index (χ3v) is 5.53. The van der Waals surface area contributed by atoms with Crippen LogP contribution in [0.3, 0.4) is 0 Å². The third kappa shape index (κ3) is 5.37. The molecule has 3 atom stereocenters. The summed E-state index contributed by atoms with van der Waals surface area (Å²) in [5, 5.41) is 3.70. The van der Waals surface area contributed by atoms with E-state index in [-0.39, 0.29) is 11.3 Å². The highest BCUT2D eigenvalue weighted by atomic mass is 32.2. The summed E-state index contributed by atoms with van der Waals surface area (Å²) >= 11 is 0. The van der Waals surface area contributed by atoms with Crippen molar-refractivity contribution in [3.8, 4) is 0 Å². The van der Waals surface area contributed by atoms with E-state index < -0.39 is 10.8 Å². The lowest BCUT2D eigenvalue weighted by Crippen LogP contribution is -2.35. The molecule has 0 saturated carbocycles. The number of benzene rings is 1. The Morgan fingerprint density at radius 2 is 1.75 bits per heavy atom. The summed E-state index contributed by atoms with van der Waals surface area (Å²) in [4.78, 5) is 0. The van der Waals surface area contributed by atoms with Crippen molar-refractivity contribution in [3.63, 3.8) is 0 Å². The molecule has 3 heteroatoms. The predicted octanol–water partition coefficient (Wildman–Crippen LogP) is 3.83. The molecule has 0 aliphatic carbocycles. The number of rotatable bonds is 8. The molecule has 1 aromatic carbocycles. The molecule has 0 aliphatic heterocycles. The quantitative estimate of drug-likeness (QED) is 0.790. The van der Waals surface area contributed by atoms with Gasteiger partial charge >= 0.3 is 0 Å². The van der Waals surface area contributed by atoms with Crippen LogP contribution in [-0.4, -0.2) is 21.8 Å². The lowest BCUT2D eigenvalue weighted by Gasteiger charge is -2.26. The van der Waals surface area contributed by atoms with Gasteiger partial charge in [-0.15, -0.1) is 0 Å². The third-order valence-electron chi connectivity index (χ3n) is 3.43. The maximum atomic E-state index is 12.5. The Hall–Kier alpha value is -0.670. The number of aryl methyl sites for hydroxylation is 1. The van der Waals surface area contributed by atoms with Gasteiger partial charge in [-0.25, -0.2) is 0 Å². The molecular weight excluding hydrogens is 266 g/mol. The summed E-state index contributed by atoms with van der Waals surface area (Å²) < 4.78 is 12.5. The largest absolute Gasteiger partial charge is 0.309 e. The van der Waals surface area contributed by atoms with Crippen molar-refractivity contribution in [2.24, 2.45) is 5.92 Å². The van der Waals surface area contributed by atoms with Gasteiger partial charge in [-0.1, -0.05) is 50.6 Å². The lowest BCUT2D eigenvalue weighted by atomic mass is 10.0. The molecule has 0 fully saturated rings. The highest BCUT2D eigenvalue weighted by molar-refractivity contribution is 7.85. The van der Waals surface area contributed by atoms with Gasteiger partial charge < -0.3 is 5.32 Å². The molecule has 0 aromatic heterocycles. The first-order chi connectivity index (χ1) is 9.45. The molecule has 114 valence electrons. The average Bonchev–Trinajstić information content (AvgIpc) is 2.40. The molecule has 0 saturated heterocycles. The van der Waals surface area contributed by atoms with Crippen LogP contribution in [-0.2, 0) is 10.8 Å². The first kappa shape index (κ1) is 17.4. The normalized spacial score (nSPS) is 16.1. The van der Waals surface area contributed by atoms with E-state index in [1.54, 1.807) is 0 Å². The van der Waals surface area contributed by atoms with E-state index in [4.69, 9.17) is 0 Å². The summed E-state index contributed by atoms with van der Waals surface area (Å²) in [5.74, 6) is 1.25. The van der Waals surface area contributed by atoms with Gasteiger partial charge in [0.1, 0.15) is 0 Å². The van der Waals surface area contributed by atoms with Crippen LogP contribution in [0.5, 0.6) is 0 Å². The predicted molar refractivity (Wildman–Crippen MR) is 89.5 cm³/mol. The minimum atomic E-state index is -0.797. The molecule has 1 aromatic rings. The first-order valence-electron chi connectivity index (χ1n) is 7.62. The molecule has 1 N–H and O–H groups in total. The monoisotopic (exact) mass is 295 g/mol. The summed E-state index contributed by atoms with van der Waals surface area (Å²) in [6.07, 6.45) is 1.09. The van der Waals surface area contributed by atoms with Gasteiger partial charge in [-0.05, 0) is 38.3 Å². The van der Waals surface area contributed by atoms with E-state index in [9.17, 15) is 4.21 Å². The van der Waals surface area contributed by atoms with Crippen molar-refractivity contribution in [2.45, 2.75) is 52.3 Å². The number of hydrogen-bond acceptors (Lipinski definition) is 2. The minimum absolute atomic E-state index is 0.131. The maximum Gasteiger partial charge on any atom is 0.0514 e. The molecule has 0 radical (unpaired) electrons. The molecule has 0 spiro atoms. The fourth-order valence-electron chi connectivity index (χ4n) is 2.26. The van der Waals surface area contributed by atoms with Crippen LogP contribution in [0.2, 0.25) is 0 Å². The van der Waals surface area contributed by atoms with Crippen molar-refractivity contribution in [2.75, 3.05) is 12.3 Å². The van der Waals surface area contributed by atoms with Crippen LogP contribution in [0.25, 0.3) is 0 Å². The SMILES string of the molecule is CCCNC(c1ccc(C)cc1)C(C)S(=O)CC(C)C. The fourth-order valence-corrected chi connectivity index (χ4v) is 3.78. The molecule has 0 heterocycles. The minimum Gasteiger partial charge on any atom is -0.309 e. The maximum absolute atomic E-state index is 12.5. The van der Waals surface area contributed by atoms with Crippen LogP contribution in [0.1, 0.15) is 51.3 Å². The molecule has 20 heavy (non-hydrogen) atoms. The zero-order valence-electron chi connectivity index (χ0n) is 13.5. The molecule has 2 nitrogen and oxygen atoms in total. The van der Waals surface area contributed by atoms with Crippen molar-refractivity contribution in [3.05, 3.63) is 35.4 Å². The Morgan fingerprint density at radius 3 is 2.25 bits per heavy atom. The summed E-state index contributed by atoms with van der Waals surface area (Å²) in [5.41, 5.74) is 2.51. The van der Waals surface area contributed by atoms with E-state index in [0.29, 0.717) is 5.92 Å².